The first-order valence-electron chi connectivity index (χ1n) is 7.33. The highest BCUT2D eigenvalue weighted by molar-refractivity contribution is 6.32. The molecule has 2 aromatic carbocycles. The fourth-order valence-electron chi connectivity index (χ4n) is 2.20. The Labute approximate surface area is 140 Å². The second-order valence-corrected chi connectivity index (χ2v) is 5.82. The summed E-state index contributed by atoms with van der Waals surface area (Å²) in [6, 6.07) is 9.90. The summed E-state index contributed by atoms with van der Waals surface area (Å²) in [5.41, 5.74) is 2.22. The van der Waals surface area contributed by atoms with Gasteiger partial charge in [0.2, 0.25) is 0 Å². The molecule has 0 aliphatic carbocycles. The predicted molar refractivity (Wildman–Crippen MR) is 89.3 cm³/mol. The highest BCUT2D eigenvalue weighted by Gasteiger charge is 2.16. The summed E-state index contributed by atoms with van der Waals surface area (Å²) in [6.45, 7) is 5.53. The van der Waals surface area contributed by atoms with E-state index < -0.39 is 6.10 Å². The lowest BCUT2D eigenvalue weighted by Gasteiger charge is -2.16. The van der Waals surface area contributed by atoms with Crippen LogP contribution in [0.3, 0.4) is 0 Å². The molecule has 2 rings (SSSR count). The number of carbonyl (C=O) groups excluding carboxylic acids is 1. The standard InChI is InChI=1S/C18H19ClFNO2/c1-11-8-15(9-12(2)17(11)19)23-13(3)18(22)21-10-14-6-4-5-7-16(14)20/h4-9,13H,10H2,1-3H3,(H,21,22). The predicted octanol–water partition coefficient (Wildman–Crippen LogP) is 4.18. The van der Waals surface area contributed by atoms with Crippen molar-refractivity contribution in [2.45, 2.75) is 33.4 Å². The van der Waals surface area contributed by atoms with Crippen LogP contribution in [0.15, 0.2) is 36.4 Å². The monoisotopic (exact) mass is 335 g/mol. The molecule has 1 unspecified atom stereocenters. The minimum Gasteiger partial charge on any atom is -0.481 e. The summed E-state index contributed by atoms with van der Waals surface area (Å²) in [6.07, 6.45) is -0.693. The molecule has 1 amide bonds. The molecule has 0 aromatic heterocycles. The molecule has 0 bridgehead atoms. The Morgan fingerprint density at radius 1 is 1.26 bits per heavy atom. The molecule has 0 spiro atoms. The van der Waals surface area contributed by atoms with Gasteiger partial charge in [-0.1, -0.05) is 29.8 Å². The third-order valence-corrected chi connectivity index (χ3v) is 4.10. The lowest BCUT2D eigenvalue weighted by atomic mass is 10.1. The van der Waals surface area contributed by atoms with Crippen molar-refractivity contribution in [3.05, 3.63) is 63.9 Å². The molecule has 122 valence electrons. The highest BCUT2D eigenvalue weighted by atomic mass is 35.5. The van der Waals surface area contributed by atoms with E-state index in [4.69, 9.17) is 16.3 Å². The van der Waals surface area contributed by atoms with E-state index >= 15 is 0 Å². The van der Waals surface area contributed by atoms with E-state index in [-0.39, 0.29) is 18.3 Å². The largest absolute Gasteiger partial charge is 0.481 e. The van der Waals surface area contributed by atoms with Gasteiger partial charge in [0.05, 0.1) is 0 Å². The topological polar surface area (TPSA) is 38.3 Å². The number of hydrogen-bond donors (Lipinski definition) is 1. The van der Waals surface area contributed by atoms with Crippen LogP contribution in [0, 0.1) is 19.7 Å². The van der Waals surface area contributed by atoms with E-state index in [1.54, 1.807) is 37.3 Å². The number of rotatable bonds is 5. The molecular weight excluding hydrogens is 317 g/mol. The molecule has 23 heavy (non-hydrogen) atoms. The van der Waals surface area contributed by atoms with Crippen LogP contribution in [0.1, 0.15) is 23.6 Å². The van der Waals surface area contributed by atoms with E-state index in [9.17, 15) is 9.18 Å². The molecule has 0 radical (unpaired) electrons. The number of halogens is 2. The van der Waals surface area contributed by atoms with Crippen LogP contribution in [0.25, 0.3) is 0 Å². The van der Waals surface area contributed by atoms with Crippen LogP contribution in [0.2, 0.25) is 5.02 Å². The molecule has 2 aromatic rings. The number of aryl methyl sites for hydroxylation is 2. The van der Waals surface area contributed by atoms with Crippen molar-refractivity contribution >= 4 is 17.5 Å². The molecular formula is C18H19ClFNO2. The third kappa shape index (κ3) is 4.45. The van der Waals surface area contributed by atoms with Gasteiger partial charge in [0.25, 0.3) is 5.91 Å². The SMILES string of the molecule is Cc1cc(OC(C)C(=O)NCc2ccccc2F)cc(C)c1Cl. The van der Waals surface area contributed by atoms with Gasteiger partial charge in [-0.15, -0.1) is 0 Å². The summed E-state index contributed by atoms with van der Waals surface area (Å²) in [4.78, 5) is 12.1. The van der Waals surface area contributed by atoms with Crippen LogP contribution in [-0.4, -0.2) is 12.0 Å². The minimum atomic E-state index is -0.693. The zero-order valence-corrected chi connectivity index (χ0v) is 14.1. The molecule has 3 nitrogen and oxygen atoms in total. The number of nitrogens with one attached hydrogen (secondary N) is 1. The van der Waals surface area contributed by atoms with Crippen molar-refractivity contribution in [2.24, 2.45) is 0 Å². The Kier molecular flexibility index (Phi) is 5.61. The first-order chi connectivity index (χ1) is 10.9. The van der Waals surface area contributed by atoms with E-state index in [0.29, 0.717) is 16.3 Å². The molecule has 0 aliphatic rings. The van der Waals surface area contributed by atoms with Crippen molar-refractivity contribution in [2.75, 3.05) is 0 Å². The van der Waals surface area contributed by atoms with Gasteiger partial charge in [-0.25, -0.2) is 4.39 Å². The summed E-state index contributed by atoms with van der Waals surface area (Å²) in [7, 11) is 0. The Balaban J connectivity index is 1.96. The summed E-state index contributed by atoms with van der Waals surface area (Å²) < 4.78 is 19.2. The van der Waals surface area contributed by atoms with Gasteiger partial charge >= 0.3 is 0 Å². The molecule has 0 fully saturated rings. The maximum absolute atomic E-state index is 13.5. The lowest BCUT2D eigenvalue weighted by Crippen LogP contribution is -2.36. The van der Waals surface area contributed by atoms with Gasteiger partial charge in [0.15, 0.2) is 6.10 Å². The van der Waals surface area contributed by atoms with E-state index in [1.165, 1.54) is 6.07 Å². The van der Waals surface area contributed by atoms with Crippen molar-refractivity contribution in [3.63, 3.8) is 0 Å². The van der Waals surface area contributed by atoms with E-state index in [1.807, 2.05) is 13.8 Å². The Hall–Kier alpha value is -2.07. The molecule has 0 saturated heterocycles. The average molecular weight is 336 g/mol. The minimum absolute atomic E-state index is 0.123. The number of amides is 1. The van der Waals surface area contributed by atoms with Crippen LogP contribution in [-0.2, 0) is 11.3 Å². The molecule has 1 N–H and O–H groups in total. The summed E-state index contributed by atoms with van der Waals surface area (Å²) in [5.74, 6) is -0.0678. The summed E-state index contributed by atoms with van der Waals surface area (Å²) >= 11 is 6.11. The van der Waals surface area contributed by atoms with Gasteiger partial charge in [-0.2, -0.15) is 0 Å². The Morgan fingerprint density at radius 2 is 1.87 bits per heavy atom. The number of hydrogen-bond acceptors (Lipinski definition) is 2. The fraction of sp³-hybridized carbons (Fsp3) is 0.278. The van der Waals surface area contributed by atoms with Gasteiger partial charge < -0.3 is 10.1 Å². The first kappa shape index (κ1) is 17.3. The van der Waals surface area contributed by atoms with Crippen LogP contribution in [0.5, 0.6) is 5.75 Å². The van der Waals surface area contributed by atoms with Crippen molar-refractivity contribution in [1.29, 1.82) is 0 Å². The smallest absolute Gasteiger partial charge is 0.261 e. The van der Waals surface area contributed by atoms with Gasteiger partial charge in [-0.3, -0.25) is 4.79 Å². The average Bonchev–Trinajstić information content (AvgIpc) is 2.51. The second kappa shape index (κ2) is 7.47. The number of ether oxygens (including phenoxy) is 1. The van der Waals surface area contributed by atoms with Gasteiger partial charge in [0, 0.05) is 17.1 Å². The molecule has 0 aliphatic heterocycles. The van der Waals surface area contributed by atoms with Gasteiger partial charge in [-0.05, 0) is 50.1 Å². The molecule has 5 heteroatoms. The normalized spacial score (nSPS) is 11.9. The second-order valence-electron chi connectivity index (χ2n) is 5.44. The maximum atomic E-state index is 13.5. The fourth-order valence-corrected chi connectivity index (χ4v) is 2.31. The van der Waals surface area contributed by atoms with Crippen LogP contribution >= 0.6 is 11.6 Å². The molecule has 0 heterocycles. The summed E-state index contributed by atoms with van der Waals surface area (Å²) in [5, 5.41) is 3.36. The van der Waals surface area contributed by atoms with E-state index in [2.05, 4.69) is 5.32 Å². The van der Waals surface area contributed by atoms with Crippen LogP contribution < -0.4 is 10.1 Å². The molecule has 1 atom stereocenters. The Bertz CT molecular complexity index is 695. The lowest BCUT2D eigenvalue weighted by molar-refractivity contribution is -0.127. The van der Waals surface area contributed by atoms with Gasteiger partial charge in [0.1, 0.15) is 11.6 Å². The zero-order chi connectivity index (χ0) is 17.0. The third-order valence-electron chi connectivity index (χ3n) is 3.50. The number of carbonyl (C=O) groups is 1. The highest BCUT2D eigenvalue weighted by Crippen LogP contribution is 2.26. The van der Waals surface area contributed by atoms with Crippen molar-refractivity contribution in [3.8, 4) is 5.75 Å². The molecule has 0 saturated carbocycles. The van der Waals surface area contributed by atoms with Crippen LogP contribution in [0.4, 0.5) is 4.39 Å². The maximum Gasteiger partial charge on any atom is 0.261 e. The van der Waals surface area contributed by atoms with Crippen molar-refractivity contribution < 1.29 is 13.9 Å². The first-order valence-corrected chi connectivity index (χ1v) is 7.71. The van der Waals surface area contributed by atoms with Crippen molar-refractivity contribution in [1.82, 2.24) is 5.32 Å². The quantitative estimate of drug-likeness (QED) is 0.890. The number of benzene rings is 2. The van der Waals surface area contributed by atoms with E-state index in [0.717, 1.165) is 11.1 Å². The Morgan fingerprint density at radius 3 is 2.48 bits per heavy atom. The zero-order valence-electron chi connectivity index (χ0n) is 13.3.